The highest BCUT2D eigenvalue weighted by atomic mass is 32.1. The van der Waals surface area contributed by atoms with E-state index in [1.54, 1.807) is 0 Å². The van der Waals surface area contributed by atoms with Gasteiger partial charge in [0.1, 0.15) is 0 Å². The Labute approximate surface area is 343 Å². The molecule has 58 heavy (non-hydrogen) atoms. The van der Waals surface area contributed by atoms with Gasteiger partial charge >= 0.3 is 0 Å². The molecule has 280 valence electrons. The standard InChI is InChI=1S/C53H42N4S/c1-51(2)44-11-7-6-10-40(44)41-19-14-36(23-45(41)51)49-55-48(35-8-4-3-5-9-35)56-50(57-49)37-15-20-42-43-21-18-39(25-47(43)58-46(42)24-37)53-28-33-22-34(29-53)27-52(26-33,31-53)38-16-12-32(30-54)13-17-38/h3-21,23-25,33-34H,22,26-29,31H2,1-2H3. The Morgan fingerprint density at radius 3 is 1.84 bits per heavy atom. The van der Waals surface area contributed by atoms with E-state index in [0.717, 1.165) is 34.1 Å². The highest BCUT2D eigenvalue weighted by molar-refractivity contribution is 7.25. The lowest BCUT2D eigenvalue weighted by Gasteiger charge is -2.62. The smallest absolute Gasteiger partial charge is 0.164 e. The molecule has 4 nitrogen and oxygen atoms in total. The molecule has 5 heteroatoms. The lowest BCUT2D eigenvalue weighted by atomic mass is 9.41. The van der Waals surface area contributed by atoms with Crippen molar-refractivity contribution in [3.8, 4) is 51.4 Å². The molecule has 2 aromatic heterocycles. The van der Waals surface area contributed by atoms with E-state index in [9.17, 15) is 5.26 Å². The molecule has 0 N–H and O–H groups in total. The van der Waals surface area contributed by atoms with Gasteiger partial charge in [-0.15, -0.1) is 11.3 Å². The first kappa shape index (κ1) is 34.1. The molecule has 5 aliphatic carbocycles. The molecule has 13 rings (SSSR count). The molecule has 4 bridgehead atoms. The molecule has 2 unspecified atom stereocenters. The number of fused-ring (bicyclic) bond motifs is 6. The fourth-order valence-corrected chi connectivity index (χ4v) is 13.5. The van der Waals surface area contributed by atoms with Gasteiger partial charge in [-0.3, -0.25) is 0 Å². The topological polar surface area (TPSA) is 62.5 Å². The number of nitrogens with zero attached hydrogens (tertiary/aromatic N) is 4. The molecule has 2 heterocycles. The van der Waals surface area contributed by atoms with E-state index in [-0.39, 0.29) is 16.2 Å². The molecule has 0 aliphatic heterocycles. The molecule has 0 radical (unpaired) electrons. The zero-order valence-corrected chi connectivity index (χ0v) is 33.6. The van der Waals surface area contributed by atoms with E-state index in [2.05, 4.69) is 123 Å². The maximum atomic E-state index is 9.48. The van der Waals surface area contributed by atoms with Crippen LogP contribution in [0.15, 0.2) is 133 Å². The Morgan fingerprint density at radius 2 is 1.12 bits per heavy atom. The fourth-order valence-electron chi connectivity index (χ4n) is 12.3. The van der Waals surface area contributed by atoms with Crippen LogP contribution in [0.2, 0.25) is 0 Å². The second kappa shape index (κ2) is 12.3. The Hall–Kier alpha value is -5.96. The number of nitriles is 1. The van der Waals surface area contributed by atoms with Gasteiger partial charge in [0.05, 0.1) is 11.6 Å². The first-order chi connectivity index (χ1) is 28.3. The third kappa shape index (κ3) is 5.07. The summed E-state index contributed by atoms with van der Waals surface area (Å²) < 4.78 is 2.61. The summed E-state index contributed by atoms with van der Waals surface area (Å²) in [7, 11) is 0. The first-order valence-corrected chi connectivity index (χ1v) is 21.6. The summed E-state index contributed by atoms with van der Waals surface area (Å²) in [5, 5.41) is 12.1. The maximum absolute atomic E-state index is 9.48. The van der Waals surface area contributed by atoms with Crippen LogP contribution < -0.4 is 0 Å². The number of aromatic nitrogens is 3. The lowest BCUT2D eigenvalue weighted by Crippen LogP contribution is -2.55. The van der Waals surface area contributed by atoms with Gasteiger partial charge in [0, 0.05) is 42.3 Å². The SMILES string of the molecule is CC1(C)c2ccccc2-c2ccc(-c3nc(-c4ccccc4)nc(-c4ccc5c(c4)sc4cc(C67CC8CC(CC(c9ccc(C#N)cc9)(C8)C6)C7)ccc45)n3)cc21. The molecular formula is C53H42N4S. The first-order valence-electron chi connectivity index (χ1n) is 20.8. The highest BCUT2D eigenvalue weighted by Gasteiger charge is 2.58. The predicted molar refractivity (Wildman–Crippen MR) is 236 cm³/mol. The average Bonchev–Trinajstić information content (AvgIpc) is 3.74. The third-order valence-corrected chi connectivity index (χ3v) is 15.7. The van der Waals surface area contributed by atoms with E-state index < -0.39 is 0 Å². The van der Waals surface area contributed by atoms with Crippen molar-refractivity contribution in [1.82, 2.24) is 15.0 Å². The molecule has 5 aliphatic rings. The van der Waals surface area contributed by atoms with Crippen molar-refractivity contribution in [3.05, 3.63) is 161 Å². The van der Waals surface area contributed by atoms with Crippen molar-refractivity contribution in [3.63, 3.8) is 0 Å². The van der Waals surface area contributed by atoms with E-state index in [4.69, 9.17) is 15.0 Å². The molecule has 8 aromatic rings. The van der Waals surface area contributed by atoms with E-state index in [0.29, 0.717) is 17.5 Å². The van der Waals surface area contributed by atoms with E-state index in [1.165, 1.54) is 92.1 Å². The second-order valence-electron chi connectivity index (χ2n) is 18.3. The zero-order valence-electron chi connectivity index (χ0n) is 32.8. The number of hydrogen-bond acceptors (Lipinski definition) is 5. The van der Waals surface area contributed by atoms with Gasteiger partial charge in [0.2, 0.25) is 0 Å². The van der Waals surface area contributed by atoms with Crippen molar-refractivity contribution in [2.75, 3.05) is 0 Å². The second-order valence-corrected chi connectivity index (χ2v) is 19.4. The molecule has 4 fully saturated rings. The lowest BCUT2D eigenvalue weighted by molar-refractivity contribution is -0.0280. The molecule has 0 spiro atoms. The van der Waals surface area contributed by atoms with Crippen LogP contribution in [0.3, 0.4) is 0 Å². The summed E-state index contributed by atoms with van der Waals surface area (Å²) in [6.07, 6.45) is 7.74. The Balaban J connectivity index is 0.933. The van der Waals surface area contributed by atoms with E-state index in [1.807, 2.05) is 41.7 Å². The molecular weight excluding hydrogens is 725 g/mol. The van der Waals surface area contributed by atoms with Gasteiger partial charge in [-0.2, -0.15) is 5.26 Å². The predicted octanol–water partition coefficient (Wildman–Crippen LogP) is 13.2. The molecule has 0 amide bonds. The maximum Gasteiger partial charge on any atom is 0.164 e. The molecule has 6 aromatic carbocycles. The summed E-state index contributed by atoms with van der Waals surface area (Å²) >= 11 is 1.89. The van der Waals surface area contributed by atoms with Gasteiger partial charge in [-0.1, -0.05) is 117 Å². The quantitative estimate of drug-likeness (QED) is 0.175. The molecule has 2 atom stereocenters. The number of hydrogen-bond donors (Lipinski definition) is 0. The van der Waals surface area contributed by atoms with E-state index >= 15 is 0 Å². The molecule has 4 saturated carbocycles. The van der Waals surface area contributed by atoms with Crippen LogP contribution in [-0.4, -0.2) is 15.0 Å². The van der Waals surface area contributed by atoms with Crippen LogP contribution in [0.25, 0.3) is 65.5 Å². The number of thiophene rings is 1. The average molecular weight is 767 g/mol. The van der Waals surface area contributed by atoms with Gasteiger partial charge in [0.25, 0.3) is 0 Å². The monoisotopic (exact) mass is 766 g/mol. The summed E-state index contributed by atoms with van der Waals surface area (Å²) in [5.74, 6) is 3.59. The van der Waals surface area contributed by atoms with Crippen LogP contribution in [0.5, 0.6) is 0 Å². The van der Waals surface area contributed by atoms with Crippen LogP contribution in [-0.2, 0) is 16.2 Å². The summed E-state index contributed by atoms with van der Waals surface area (Å²) in [6, 6.07) is 50.8. The minimum Gasteiger partial charge on any atom is -0.208 e. The Morgan fingerprint density at radius 1 is 0.552 bits per heavy atom. The molecule has 0 saturated heterocycles. The highest BCUT2D eigenvalue weighted by Crippen LogP contribution is 2.66. The number of benzene rings is 6. The van der Waals surface area contributed by atoms with Crippen LogP contribution in [0.4, 0.5) is 0 Å². The summed E-state index contributed by atoms with van der Waals surface area (Å²) in [5.41, 5.74) is 12.3. The van der Waals surface area contributed by atoms with Gasteiger partial charge < -0.3 is 0 Å². The Bertz CT molecular complexity index is 3010. The minimum absolute atomic E-state index is 0.117. The summed E-state index contributed by atoms with van der Waals surface area (Å²) in [4.78, 5) is 15.4. The Kier molecular flexibility index (Phi) is 7.22. The van der Waals surface area contributed by atoms with Crippen molar-refractivity contribution >= 4 is 31.5 Å². The van der Waals surface area contributed by atoms with Crippen molar-refractivity contribution in [1.29, 1.82) is 5.26 Å². The fraction of sp³-hybridized carbons (Fsp3) is 0.245. The van der Waals surface area contributed by atoms with Crippen LogP contribution in [0.1, 0.15) is 80.2 Å². The number of rotatable bonds is 5. The van der Waals surface area contributed by atoms with Crippen molar-refractivity contribution in [2.24, 2.45) is 11.8 Å². The summed E-state index contributed by atoms with van der Waals surface area (Å²) in [6.45, 7) is 4.63. The minimum atomic E-state index is -0.117. The van der Waals surface area contributed by atoms with Crippen LogP contribution in [0, 0.1) is 23.2 Å². The normalized spacial score (nSPS) is 23.5. The van der Waals surface area contributed by atoms with Gasteiger partial charge in [0.15, 0.2) is 17.5 Å². The van der Waals surface area contributed by atoms with Gasteiger partial charge in [-0.05, 0) is 125 Å². The third-order valence-electron chi connectivity index (χ3n) is 14.5. The largest absolute Gasteiger partial charge is 0.208 e. The zero-order chi connectivity index (χ0) is 38.8. The van der Waals surface area contributed by atoms with Gasteiger partial charge in [-0.25, -0.2) is 15.0 Å². The van der Waals surface area contributed by atoms with Crippen molar-refractivity contribution in [2.45, 2.75) is 68.6 Å². The van der Waals surface area contributed by atoms with Crippen LogP contribution >= 0.6 is 11.3 Å². The van der Waals surface area contributed by atoms with Crippen molar-refractivity contribution < 1.29 is 0 Å².